The second kappa shape index (κ2) is 20.0. The van der Waals surface area contributed by atoms with Gasteiger partial charge in [0, 0.05) is 12.4 Å². The zero-order chi connectivity index (χ0) is 14.9. The molecule has 0 bridgehead atoms. The second-order valence-electron chi connectivity index (χ2n) is 5.67. The van der Waals surface area contributed by atoms with Crippen LogP contribution in [0, 0.1) is 12.3 Å². The Hall–Kier alpha value is 0.0300. The van der Waals surface area contributed by atoms with E-state index in [1.165, 1.54) is 70.6 Å². The third kappa shape index (κ3) is 22.5. The van der Waals surface area contributed by atoms with Crippen LogP contribution in [-0.2, 0) is 4.79 Å². The first-order valence-corrected chi connectivity index (χ1v) is 8.40. The first-order chi connectivity index (χ1) is 9.77. The number of unbranched alkanes of at least 4 members (excludes halogenated alkanes) is 13. The van der Waals surface area contributed by atoms with Crippen molar-refractivity contribution in [1.82, 2.24) is 0 Å². The van der Waals surface area contributed by atoms with Gasteiger partial charge in [0.15, 0.2) is 0 Å². The first kappa shape index (κ1) is 23.3. The molecule has 0 atom stereocenters. The molecule has 0 saturated heterocycles. The monoisotopic (exact) mass is 302 g/mol. The van der Waals surface area contributed by atoms with E-state index in [9.17, 15) is 9.90 Å². The van der Waals surface area contributed by atoms with Gasteiger partial charge >= 0.3 is 29.6 Å². The molecule has 0 aromatic heterocycles. The molecular weight excluding hydrogens is 271 g/mol. The van der Waals surface area contributed by atoms with Crippen molar-refractivity contribution in [3.8, 4) is 12.3 Å². The normalized spacial score (nSPS) is 9.86. The predicted molar refractivity (Wildman–Crippen MR) is 83.1 cm³/mol. The molecule has 0 radical (unpaired) electrons. The van der Waals surface area contributed by atoms with E-state index in [2.05, 4.69) is 5.92 Å². The molecule has 0 unspecified atom stereocenters. The topological polar surface area (TPSA) is 40.1 Å². The van der Waals surface area contributed by atoms with Crippen LogP contribution in [0.15, 0.2) is 0 Å². The maximum atomic E-state index is 10.2. The molecular formula is C18H31NaO2. The minimum absolute atomic E-state index is 0. The fraction of sp³-hybridized carbons (Fsp3) is 0.833. The van der Waals surface area contributed by atoms with Crippen LogP contribution in [0.3, 0.4) is 0 Å². The fourth-order valence-corrected chi connectivity index (χ4v) is 2.44. The van der Waals surface area contributed by atoms with Crippen LogP contribution in [-0.4, -0.2) is 5.97 Å². The number of terminal acetylenes is 1. The van der Waals surface area contributed by atoms with E-state index in [-0.39, 0.29) is 36.0 Å². The summed E-state index contributed by atoms with van der Waals surface area (Å²) in [6.07, 6.45) is 22.5. The van der Waals surface area contributed by atoms with Gasteiger partial charge in [0.2, 0.25) is 0 Å². The molecule has 0 rings (SSSR count). The van der Waals surface area contributed by atoms with Crippen LogP contribution in [0.1, 0.15) is 96.3 Å². The summed E-state index contributed by atoms with van der Waals surface area (Å²) in [6.45, 7) is 0. The van der Waals surface area contributed by atoms with E-state index < -0.39 is 5.97 Å². The summed E-state index contributed by atoms with van der Waals surface area (Å²) >= 11 is 0. The van der Waals surface area contributed by atoms with Crippen LogP contribution in [0.2, 0.25) is 0 Å². The maximum absolute atomic E-state index is 10.2. The van der Waals surface area contributed by atoms with Crippen LogP contribution < -0.4 is 34.7 Å². The van der Waals surface area contributed by atoms with Gasteiger partial charge in [0.1, 0.15) is 0 Å². The predicted octanol–water partition coefficient (Wildman–Crippen LogP) is 1.22. The Balaban J connectivity index is 0. The van der Waals surface area contributed by atoms with Crippen molar-refractivity contribution in [2.45, 2.75) is 96.3 Å². The number of carboxylic acid groups (broad SMARTS) is 1. The minimum atomic E-state index is -0.913. The Kier molecular flexibility index (Phi) is 22.2. The fourth-order valence-electron chi connectivity index (χ4n) is 2.44. The van der Waals surface area contributed by atoms with Crippen molar-refractivity contribution in [2.75, 3.05) is 0 Å². The third-order valence-corrected chi connectivity index (χ3v) is 3.70. The Morgan fingerprint density at radius 3 is 1.38 bits per heavy atom. The van der Waals surface area contributed by atoms with Gasteiger partial charge in [-0.05, 0) is 19.3 Å². The average Bonchev–Trinajstić information content (AvgIpc) is 2.43. The largest absolute Gasteiger partial charge is 1.00 e. The second-order valence-corrected chi connectivity index (χ2v) is 5.67. The Morgan fingerprint density at radius 1 is 0.714 bits per heavy atom. The molecule has 2 nitrogen and oxygen atoms in total. The molecule has 0 saturated carbocycles. The minimum Gasteiger partial charge on any atom is -0.550 e. The zero-order valence-corrected chi connectivity index (χ0v) is 16.0. The number of carboxylic acids is 1. The van der Waals surface area contributed by atoms with Gasteiger partial charge in [-0.2, -0.15) is 0 Å². The number of hydrogen-bond donors (Lipinski definition) is 0. The smallest absolute Gasteiger partial charge is 0.550 e. The SMILES string of the molecule is C#CCCCCCCCCCCCCCCCC(=O)[O-].[Na+]. The van der Waals surface area contributed by atoms with Gasteiger partial charge in [-0.15, -0.1) is 12.3 Å². The molecule has 0 aliphatic rings. The molecule has 0 aromatic rings. The Morgan fingerprint density at radius 2 is 1.05 bits per heavy atom. The van der Waals surface area contributed by atoms with Crippen molar-refractivity contribution in [1.29, 1.82) is 0 Å². The van der Waals surface area contributed by atoms with Crippen LogP contribution in [0.25, 0.3) is 0 Å². The van der Waals surface area contributed by atoms with E-state index in [1.807, 2.05) is 0 Å². The summed E-state index contributed by atoms with van der Waals surface area (Å²) in [5.74, 6) is 1.77. The third-order valence-electron chi connectivity index (χ3n) is 3.70. The summed E-state index contributed by atoms with van der Waals surface area (Å²) in [7, 11) is 0. The van der Waals surface area contributed by atoms with Crippen LogP contribution in [0.4, 0.5) is 0 Å². The zero-order valence-electron chi connectivity index (χ0n) is 14.0. The van der Waals surface area contributed by atoms with Gasteiger partial charge in [-0.1, -0.05) is 70.6 Å². The summed E-state index contributed by atoms with van der Waals surface area (Å²) in [5, 5.41) is 10.2. The molecule has 21 heavy (non-hydrogen) atoms. The summed E-state index contributed by atoms with van der Waals surface area (Å²) in [5.41, 5.74) is 0. The summed E-state index contributed by atoms with van der Waals surface area (Å²) < 4.78 is 0. The summed E-state index contributed by atoms with van der Waals surface area (Å²) in [6, 6.07) is 0. The molecule has 0 fully saturated rings. The standard InChI is InChI=1S/C18H32O2.Na/c1-2-3-4-5-6-7-8-9-10-11-12-13-14-15-16-17-18(19)20;/h1H,3-17H2,(H,19,20);/q;+1/p-1. The number of rotatable bonds is 15. The Bertz CT molecular complexity index is 258. The van der Waals surface area contributed by atoms with Crippen molar-refractivity contribution < 1.29 is 39.5 Å². The van der Waals surface area contributed by atoms with Crippen molar-refractivity contribution in [2.24, 2.45) is 0 Å². The quantitative estimate of drug-likeness (QED) is 0.259. The number of carbonyl (C=O) groups is 1. The Labute approximate surface area is 153 Å². The van der Waals surface area contributed by atoms with Gasteiger partial charge in [0.05, 0.1) is 0 Å². The van der Waals surface area contributed by atoms with E-state index in [0.717, 1.165) is 19.3 Å². The van der Waals surface area contributed by atoms with E-state index in [0.29, 0.717) is 0 Å². The molecule has 116 valence electrons. The van der Waals surface area contributed by atoms with E-state index in [4.69, 9.17) is 6.42 Å². The average molecular weight is 302 g/mol. The first-order valence-electron chi connectivity index (χ1n) is 8.40. The molecule has 0 spiro atoms. The number of carbonyl (C=O) groups excluding carboxylic acids is 1. The molecule has 3 heteroatoms. The van der Waals surface area contributed by atoms with Gasteiger partial charge in [-0.25, -0.2) is 0 Å². The molecule has 0 aromatic carbocycles. The van der Waals surface area contributed by atoms with Gasteiger partial charge in [0.25, 0.3) is 0 Å². The van der Waals surface area contributed by atoms with Gasteiger partial charge < -0.3 is 9.90 Å². The molecule has 0 aliphatic heterocycles. The van der Waals surface area contributed by atoms with Crippen LogP contribution in [0.5, 0.6) is 0 Å². The number of hydrogen-bond acceptors (Lipinski definition) is 2. The van der Waals surface area contributed by atoms with Crippen LogP contribution >= 0.6 is 0 Å². The maximum Gasteiger partial charge on any atom is 1.00 e. The van der Waals surface area contributed by atoms with Crippen molar-refractivity contribution in [3.63, 3.8) is 0 Å². The molecule has 0 heterocycles. The molecule has 0 aliphatic carbocycles. The number of aliphatic carboxylic acids is 1. The van der Waals surface area contributed by atoms with E-state index >= 15 is 0 Å². The summed E-state index contributed by atoms with van der Waals surface area (Å²) in [4.78, 5) is 10.2. The van der Waals surface area contributed by atoms with Crippen molar-refractivity contribution in [3.05, 3.63) is 0 Å². The van der Waals surface area contributed by atoms with Crippen molar-refractivity contribution >= 4 is 5.97 Å². The molecule has 0 N–H and O–H groups in total. The van der Waals surface area contributed by atoms with Gasteiger partial charge in [-0.3, -0.25) is 0 Å². The van der Waals surface area contributed by atoms with E-state index in [1.54, 1.807) is 0 Å². The molecule has 0 amide bonds.